The lowest BCUT2D eigenvalue weighted by atomic mass is 10.0. The lowest BCUT2D eigenvalue weighted by Gasteiger charge is -2.26. The molecule has 1 atom stereocenters. The number of carbonyl (C=O) groups is 1. The summed E-state index contributed by atoms with van der Waals surface area (Å²) in [7, 11) is 1.79. The number of carbonyl (C=O) groups excluding carboxylic acids is 1. The van der Waals surface area contributed by atoms with Gasteiger partial charge in [-0.25, -0.2) is 11.3 Å². The Morgan fingerprint density at radius 2 is 2.09 bits per heavy atom. The smallest absolute Gasteiger partial charge is 0.245 e. The summed E-state index contributed by atoms with van der Waals surface area (Å²) in [6, 6.07) is 9.68. The van der Waals surface area contributed by atoms with Crippen LogP contribution in [0.4, 0.5) is 0 Å². The first-order valence-corrected chi connectivity index (χ1v) is 7.17. The van der Waals surface area contributed by atoms with Gasteiger partial charge in [-0.3, -0.25) is 10.0 Å². The summed E-state index contributed by atoms with van der Waals surface area (Å²) in [5, 5.41) is 13.1. The summed E-state index contributed by atoms with van der Waals surface area (Å²) in [4.78, 5) is 11.4. The van der Waals surface area contributed by atoms with Crippen LogP contribution < -0.4 is 22.4 Å². The van der Waals surface area contributed by atoms with Gasteiger partial charge in [0, 0.05) is 18.4 Å². The maximum Gasteiger partial charge on any atom is 0.245 e. The Morgan fingerprint density at radius 1 is 1.41 bits per heavy atom. The monoisotopic (exact) mass is 307 g/mol. The van der Waals surface area contributed by atoms with Crippen molar-refractivity contribution in [3.63, 3.8) is 0 Å². The third-order valence-electron chi connectivity index (χ3n) is 3.27. The molecule has 0 saturated carbocycles. The molecule has 0 aliphatic rings. The molecule has 0 radical (unpaired) electrons. The van der Waals surface area contributed by atoms with Crippen LogP contribution in [0.5, 0.6) is 0 Å². The Labute approximate surface area is 130 Å². The second kappa shape index (κ2) is 9.78. The first kappa shape index (κ1) is 18.0. The van der Waals surface area contributed by atoms with Crippen LogP contribution in [-0.4, -0.2) is 35.8 Å². The van der Waals surface area contributed by atoms with E-state index in [1.807, 2.05) is 30.3 Å². The van der Waals surface area contributed by atoms with Crippen LogP contribution >= 0.6 is 0 Å². The zero-order valence-corrected chi connectivity index (χ0v) is 12.8. The Balaban J connectivity index is 2.70. The number of amides is 1. The van der Waals surface area contributed by atoms with Crippen molar-refractivity contribution in [1.29, 1.82) is 0 Å². The van der Waals surface area contributed by atoms with Gasteiger partial charge >= 0.3 is 0 Å². The number of benzene rings is 1. The number of aryl methyl sites for hydroxylation is 1. The van der Waals surface area contributed by atoms with Crippen molar-refractivity contribution in [1.82, 2.24) is 15.8 Å². The number of hydrogen-bond acceptors (Lipinski definition) is 6. The van der Waals surface area contributed by atoms with Crippen molar-refractivity contribution in [3.05, 3.63) is 47.8 Å². The van der Waals surface area contributed by atoms with E-state index in [4.69, 9.17) is 16.8 Å². The van der Waals surface area contributed by atoms with Crippen molar-refractivity contribution in [3.8, 4) is 0 Å². The second-order valence-corrected chi connectivity index (χ2v) is 5.10. The summed E-state index contributed by atoms with van der Waals surface area (Å²) >= 11 is 0. The van der Waals surface area contributed by atoms with Gasteiger partial charge < -0.3 is 16.1 Å². The number of hydrazine groups is 1. The second-order valence-electron chi connectivity index (χ2n) is 5.10. The highest BCUT2D eigenvalue weighted by molar-refractivity contribution is 5.75. The van der Waals surface area contributed by atoms with E-state index in [0.29, 0.717) is 18.7 Å². The van der Waals surface area contributed by atoms with Crippen LogP contribution in [0.1, 0.15) is 18.4 Å². The zero-order chi connectivity index (χ0) is 16.4. The normalized spacial score (nSPS) is 12.8. The summed E-state index contributed by atoms with van der Waals surface area (Å²) in [5.74, 6) is 5.53. The van der Waals surface area contributed by atoms with Crippen LogP contribution in [0, 0.1) is 0 Å². The molecule has 0 saturated heterocycles. The van der Waals surface area contributed by atoms with Gasteiger partial charge in [0.05, 0.1) is 12.5 Å². The minimum absolute atomic E-state index is 0.0865. The summed E-state index contributed by atoms with van der Waals surface area (Å²) < 4.78 is 0. The standard InChI is InChI=1S/C15H25N5O2/c1-18-10-13(16)11-20(17)14(9-15(21)19-22)8-7-12-5-3-2-4-6-12/h2-6,11,14,18,22H,7-10,16-17H2,1H3,(H,19,21)/b13-11-. The molecular weight excluding hydrogens is 282 g/mol. The summed E-state index contributed by atoms with van der Waals surface area (Å²) in [5.41, 5.74) is 9.20. The first-order valence-electron chi connectivity index (χ1n) is 7.17. The Bertz CT molecular complexity index is 478. The molecule has 0 fully saturated rings. The number of likely N-dealkylation sites (N-methyl/N-ethyl adjacent to an activating group) is 1. The van der Waals surface area contributed by atoms with E-state index in [2.05, 4.69) is 5.32 Å². The molecule has 1 unspecified atom stereocenters. The van der Waals surface area contributed by atoms with E-state index in [1.54, 1.807) is 18.7 Å². The highest BCUT2D eigenvalue weighted by Gasteiger charge is 2.17. The van der Waals surface area contributed by atoms with E-state index >= 15 is 0 Å². The topological polar surface area (TPSA) is 117 Å². The van der Waals surface area contributed by atoms with E-state index in [-0.39, 0.29) is 12.5 Å². The molecule has 22 heavy (non-hydrogen) atoms. The summed E-state index contributed by atoms with van der Waals surface area (Å²) in [6.45, 7) is 0.505. The van der Waals surface area contributed by atoms with Crippen molar-refractivity contribution in [2.75, 3.05) is 13.6 Å². The maximum atomic E-state index is 11.4. The van der Waals surface area contributed by atoms with E-state index in [1.165, 1.54) is 5.01 Å². The van der Waals surface area contributed by atoms with Crippen LogP contribution in [0.25, 0.3) is 0 Å². The molecule has 1 aromatic rings. The quantitative estimate of drug-likeness (QED) is 0.251. The van der Waals surface area contributed by atoms with Crippen LogP contribution in [0.3, 0.4) is 0 Å². The van der Waals surface area contributed by atoms with Gasteiger partial charge in [-0.15, -0.1) is 0 Å². The third kappa shape index (κ3) is 6.57. The van der Waals surface area contributed by atoms with Gasteiger partial charge in [-0.1, -0.05) is 30.3 Å². The molecular formula is C15H25N5O2. The fourth-order valence-corrected chi connectivity index (χ4v) is 2.14. The molecule has 0 heterocycles. The lowest BCUT2D eigenvalue weighted by Crippen LogP contribution is -2.41. The molecule has 7 N–H and O–H groups in total. The van der Waals surface area contributed by atoms with Gasteiger partial charge in [-0.05, 0) is 25.5 Å². The van der Waals surface area contributed by atoms with Crippen molar-refractivity contribution < 1.29 is 10.0 Å². The number of nitrogens with one attached hydrogen (secondary N) is 2. The van der Waals surface area contributed by atoms with Crippen molar-refractivity contribution in [2.45, 2.75) is 25.3 Å². The Kier molecular flexibility index (Phi) is 7.98. The number of hydroxylamine groups is 1. The highest BCUT2D eigenvalue weighted by Crippen LogP contribution is 2.12. The molecule has 0 spiro atoms. The third-order valence-corrected chi connectivity index (χ3v) is 3.27. The van der Waals surface area contributed by atoms with Crippen LogP contribution in [0.15, 0.2) is 42.2 Å². The molecule has 1 aromatic carbocycles. The van der Waals surface area contributed by atoms with E-state index in [0.717, 1.165) is 12.0 Å². The lowest BCUT2D eigenvalue weighted by molar-refractivity contribution is -0.130. The molecule has 0 aromatic heterocycles. The van der Waals surface area contributed by atoms with Gasteiger partial charge in [0.1, 0.15) is 0 Å². The number of rotatable bonds is 9. The minimum atomic E-state index is -0.478. The molecule has 7 nitrogen and oxygen atoms in total. The zero-order valence-electron chi connectivity index (χ0n) is 12.8. The number of nitrogens with two attached hydrogens (primary N) is 2. The van der Waals surface area contributed by atoms with E-state index < -0.39 is 5.91 Å². The molecule has 1 amide bonds. The predicted octanol–water partition coefficient (Wildman–Crippen LogP) is 0.0785. The van der Waals surface area contributed by atoms with Gasteiger partial charge in [0.25, 0.3) is 0 Å². The van der Waals surface area contributed by atoms with Gasteiger partial charge in [0.15, 0.2) is 0 Å². The largest absolute Gasteiger partial charge is 0.400 e. The van der Waals surface area contributed by atoms with E-state index in [9.17, 15) is 4.79 Å². The molecule has 0 bridgehead atoms. The van der Waals surface area contributed by atoms with Crippen LogP contribution in [0.2, 0.25) is 0 Å². The predicted molar refractivity (Wildman–Crippen MR) is 85.3 cm³/mol. The average molecular weight is 307 g/mol. The number of nitrogens with zero attached hydrogens (tertiary/aromatic N) is 1. The molecule has 7 heteroatoms. The average Bonchev–Trinajstić information content (AvgIpc) is 2.52. The molecule has 0 aliphatic carbocycles. The van der Waals surface area contributed by atoms with Gasteiger partial charge in [0.2, 0.25) is 5.91 Å². The number of hydrogen-bond donors (Lipinski definition) is 5. The molecule has 122 valence electrons. The summed E-state index contributed by atoms with van der Waals surface area (Å²) in [6.07, 6.45) is 3.13. The van der Waals surface area contributed by atoms with Crippen LogP contribution in [-0.2, 0) is 11.2 Å². The van der Waals surface area contributed by atoms with Gasteiger partial charge in [-0.2, -0.15) is 0 Å². The molecule has 1 rings (SSSR count). The molecule has 0 aliphatic heterocycles. The fraction of sp³-hybridized carbons (Fsp3) is 0.400. The Hall–Kier alpha value is -2.09. The SMILES string of the molecule is CNC/C(N)=C/N(N)C(CCc1ccccc1)CC(=O)NO. The fourth-order valence-electron chi connectivity index (χ4n) is 2.14. The van der Waals surface area contributed by atoms with Crippen molar-refractivity contribution in [2.24, 2.45) is 11.6 Å². The maximum absolute atomic E-state index is 11.4. The highest BCUT2D eigenvalue weighted by atomic mass is 16.5. The van der Waals surface area contributed by atoms with Crippen molar-refractivity contribution >= 4 is 5.91 Å². The minimum Gasteiger partial charge on any atom is -0.400 e. The Morgan fingerprint density at radius 3 is 2.68 bits per heavy atom. The first-order chi connectivity index (χ1) is 10.6.